The van der Waals surface area contributed by atoms with Crippen LogP contribution in [0.2, 0.25) is 0 Å². The molecule has 6 heteroatoms. The minimum absolute atomic E-state index is 0.505. The number of benzene rings is 5. The van der Waals surface area contributed by atoms with Crippen molar-refractivity contribution in [3.63, 3.8) is 0 Å². The molecule has 0 saturated heterocycles. The van der Waals surface area contributed by atoms with Gasteiger partial charge in [-0.3, -0.25) is 4.57 Å². The molecule has 0 aliphatic heterocycles. The molecule has 4 aromatic heterocycles. The highest BCUT2D eigenvalue weighted by Gasteiger charge is 2.18. The van der Waals surface area contributed by atoms with Crippen LogP contribution >= 0.6 is 0 Å². The summed E-state index contributed by atoms with van der Waals surface area (Å²) in [6, 6.07) is 39.4. The second-order valence-corrected chi connectivity index (χ2v) is 10.6. The summed E-state index contributed by atoms with van der Waals surface area (Å²) in [5, 5.41) is 4.26. The van der Waals surface area contributed by atoms with Crippen LogP contribution in [0.3, 0.4) is 0 Å². The molecular weight excluding hydrogens is 534 g/mol. The Morgan fingerprint density at radius 3 is 2.05 bits per heavy atom. The first kappa shape index (κ1) is 23.8. The van der Waals surface area contributed by atoms with Gasteiger partial charge in [0.05, 0.1) is 12.6 Å². The second kappa shape index (κ2) is 9.06. The van der Waals surface area contributed by atoms with Crippen LogP contribution in [-0.2, 0) is 0 Å². The summed E-state index contributed by atoms with van der Waals surface area (Å²) in [5.41, 5.74) is 9.34. The molecule has 6 nitrogen and oxygen atoms in total. The number of ether oxygens (including phenoxy) is 1. The molecule has 0 amide bonds. The maximum absolute atomic E-state index is 6.29. The van der Waals surface area contributed by atoms with Crippen molar-refractivity contribution in [3.05, 3.63) is 121 Å². The van der Waals surface area contributed by atoms with E-state index in [0.717, 1.165) is 83.1 Å². The molecule has 43 heavy (non-hydrogen) atoms. The van der Waals surface area contributed by atoms with Crippen LogP contribution in [0, 0.1) is 0 Å². The van der Waals surface area contributed by atoms with Crippen molar-refractivity contribution in [1.29, 1.82) is 0 Å². The summed E-state index contributed by atoms with van der Waals surface area (Å²) in [6.07, 6.45) is 1.76. The van der Waals surface area contributed by atoms with Gasteiger partial charge in [-0.15, -0.1) is 0 Å². The number of imidazole rings is 1. The maximum Gasteiger partial charge on any atom is 0.241 e. The average molecular weight is 558 g/mol. The molecule has 0 aliphatic carbocycles. The largest absolute Gasteiger partial charge is 0.479 e. The minimum atomic E-state index is 0.505. The smallest absolute Gasteiger partial charge is 0.241 e. The van der Waals surface area contributed by atoms with Gasteiger partial charge >= 0.3 is 0 Å². The van der Waals surface area contributed by atoms with Crippen molar-refractivity contribution in [1.82, 2.24) is 14.5 Å². The van der Waals surface area contributed by atoms with Crippen LogP contribution in [0.1, 0.15) is 0 Å². The van der Waals surface area contributed by atoms with E-state index in [2.05, 4.69) is 82.3 Å². The molecule has 0 N–H and O–H groups in total. The zero-order valence-electron chi connectivity index (χ0n) is 23.1. The summed E-state index contributed by atoms with van der Waals surface area (Å²) in [4.78, 5) is 9.34. The number of para-hydroxylation sites is 1. The topological polar surface area (TPSA) is 66.2 Å². The van der Waals surface area contributed by atoms with Crippen LogP contribution in [0.25, 0.3) is 83.1 Å². The van der Waals surface area contributed by atoms with Crippen molar-refractivity contribution in [2.45, 2.75) is 0 Å². The molecule has 0 spiro atoms. The number of fused-ring (bicyclic) bond motifs is 7. The number of nitrogens with zero attached hydrogens (tertiary/aromatic N) is 3. The van der Waals surface area contributed by atoms with Gasteiger partial charge in [0, 0.05) is 39.0 Å². The molecule has 0 saturated carbocycles. The highest BCUT2D eigenvalue weighted by atomic mass is 16.5. The van der Waals surface area contributed by atoms with Crippen LogP contribution < -0.4 is 4.74 Å². The van der Waals surface area contributed by atoms with E-state index in [-0.39, 0.29) is 0 Å². The predicted octanol–water partition coefficient (Wildman–Crippen LogP) is 9.56. The van der Waals surface area contributed by atoms with Crippen LogP contribution in [-0.4, -0.2) is 21.6 Å². The fraction of sp³-hybridized carbons (Fsp3) is 0.0270. The molecule has 204 valence electrons. The Balaban J connectivity index is 1.16. The van der Waals surface area contributed by atoms with E-state index in [1.165, 1.54) is 0 Å². The summed E-state index contributed by atoms with van der Waals surface area (Å²) >= 11 is 0. The molecule has 0 bridgehead atoms. The third-order valence-electron chi connectivity index (χ3n) is 8.19. The van der Waals surface area contributed by atoms with Crippen LogP contribution in [0.15, 0.2) is 130 Å². The molecule has 9 aromatic rings. The van der Waals surface area contributed by atoms with Crippen molar-refractivity contribution in [2.24, 2.45) is 0 Å². The number of methoxy groups -OCH3 is 1. The SMILES string of the molecule is COc1nccc2c1nc(-c1ccccc1)n2-c1ccc(-c2ccc3oc4cc5c(cc4c3c2)oc2ccccc25)cc1. The fourth-order valence-electron chi connectivity index (χ4n) is 6.15. The lowest BCUT2D eigenvalue weighted by atomic mass is 10.0. The molecule has 9 rings (SSSR count). The van der Waals surface area contributed by atoms with Crippen molar-refractivity contribution in [2.75, 3.05) is 7.11 Å². The molecule has 5 aromatic carbocycles. The maximum atomic E-state index is 6.29. The van der Waals surface area contributed by atoms with Gasteiger partial charge in [0.2, 0.25) is 5.88 Å². The van der Waals surface area contributed by atoms with Gasteiger partial charge in [0.25, 0.3) is 0 Å². The van der Waals surface area contributed by atoms with Gasteiger partial charge in [0.15, 0.2) is 5.52 Å². The molecule has 4 heterocycles. The van der Waals surface area contributed by atoms with Gasteiger partial charge < -0.3 is 13.6 Å². The van der Waals surface area contributed by atoms with E-state index >= 15 is 0 Å². The van der Waals surface area contributed by atoms with Crippen LogP contribution in [0.4, 0.5) is 0 Å². The molecule has 0 radical (unpaired) electrons. The monoisotopic (exact) mass is 557 g/mol. The van der Waals surface area contributed by atoms with E-state index in [1.54, 1.807) is 13.3 Å². The first-order valence-corrected chi connectivity index (χ1v) is 14.1. The Hall–Kier alpha value is -5.88. The zero-order valence-corrected chi connectivity index (χ0v) is 23.1. The molecule has 0 unspecified atom stereocenters. The van der Waals surface area contributed by atoms with E-state index in [0.29, 0.717) is 5.88 Å². The Morgan fingerprint density at radius 1 is 0.581 bits per heavy atom. The van der Waals surface area contributed by atoms with Crippen molar-refractivity contribution in [3.8, 4) is 34.1 Å². The zero-order chi connectivity index (χ0) is 28.5. The second-order valence-electron chi connectivity index (χ2n) is 10.6. The Bertz CT molecular complexity index is 2490. The number of aromatic nitrogens is 3. The lowest BCUT2D eigenvalue weighted by Crippen LogP contribution is -1.97. The minimum Gasteiger partial charge on any atom is -0.479 e. The van der Waals surface area contributed by atoms with Gasteiger partial charge in [-0.2, -0.15) is 0 Å². The van der Waals surface area contributed by atoms with Gasteiger partial charge in [0.1, 0.15) is 28.2 Å². The first-order valence-electron chi connectivity index (χ1n) is 14.1. The Labute approximate surface area is 245 Å². The van der Waals surface area contributed by atoms with Gasteiger partial charge in [-0.05, 0) is 59.7 Å². The lowest BCUT2D eigenvalue weighted by molar-refractivity contribution is 0.402. The summed E-state index contributed by atoms with van der Waals surface area (Å²) in [7, 11) is 1.62. The number of pyridine rings is 1. The number of furan rings is 2. The van der Waals surface area contributed by atoms with Crippen LogP contribution in [0.5, 0.6) is 5.88 Å². The number of rotatable bonds is 4. The molecule has 0 fully saturated rings. The quantitative estimate of drug-likeness (QED) is 0.216. The average Bonchev–Trinajstić information content (AvgIpc) is 3.74. The number of hydrogen-bond donors (Lipinski definition) is 0. The Kier molecular flexibility index (Phi) is 5.01. The summed E-state index contributed by atoms with van der Waals surface area (Å²) in [5.74, 6) is 1.34. The fourth-order valence-corrected chi connectivity index (χ4v) is 6.15. The van der Waals surface area contributed by atoms with E-state index in [4.69, 9.17) is 18.6 Å². The normalized spacial score (nSPS) is 11.8. The van der Waals surface area contributed by atoms with E-state index in [1.807, 2.05) is 42.5 Å². The van der Waals surface area contributed by atoms with Gasteiger partial charge in [-0.1, -0.05) is 66.7 Å². The molecule has 0 atom stereocenters. The third-order valence-corrected chi connectivity index (χ3v) is 8.19. The summed E-state index contributed by atoms with van der Waals surface area (Å²) < 4.78 is 20.2. The Morgan fingerprint density at radius 2 is 1.26 bits per heavy atom. The first-order chi connectivity index (χ1) is 21.2. The van der Waals surface area contributed by atoms with E-state index in [9.17, 15) is 0 Å². The summed E-state index contributed by atoms with van der Waals surface area (Å²) in [6.45, 7) is 0. The van der Waals surface area contributed by atoms with Crippen molar-refractivity contribution < 1.29 is 13.6 Å². The van der Waals surface area contributed by atoms with Crippen molar-refractivity contribution >= 4 is 54.9 Å². The number of hydrogen-bond acceptors (Lipinski definition) is 5. The lowest BCUT2D eigenvalue weighted by Gasteiger charge is -2.11. The van der Waals surface area contributed by atoms with Gasteiger partial charge in [-0.25, -0.2) is 9.97 Å². The third kappa shape index (κ3) is 3.60. The molecule has 0 aliphatic rings. The van der Waals surface area contributed by atoms with E-state index < -0.39 is 0 Å². The standard InChI is InChI=1S/C37H23N3O3/c1-41-37-35-30(17-18-38-37)40(36(39-35)23-7-3-2-4-8-23)25-14-11-22(12-15-25)24-13-16-32-27(19-24)29-21-33-28(20-34(29)43-32)26-9-5-6-10-31(26)42-33/h2-21H,1H3. The molecular formula is C37H23N3O3. The highest BCUT2D eigenvalue weighted by Crippen LogP contribution is 2.38. The highest BCUT2D eigenvalue weighted by molar-refractivity contribution is 6.15. The predicted molar refractivity (Wildman–Crippen MR) is 171 cm³/mol.